The zero-order chi connectivity index (χ0) is 13.2. The number of hydrogen-bond acceptors (Lipinski definition) is 5. The Labute approximate surface area is 113 Å². The van der Waals surface area contributed by atoms with Crippen LogP contribution in [0.3, 0.4) is 0 Å². The first-order chi connectivity index (χ1) is 9.24. The average Bonchev–Trinajstić information content (AvgIpc) is 2.90. The zero-order valence-electron chi connectivity index (χ0n) is 10.3. The van der Waals surface area contributed by atoms with Gasteiger partial charge in [0.25, 0.3) is 5.56 Å². The van der Waals surface area contributed by atoms with Crippen molar-refractivity contribution < 1.29 is 0 Å². The van der Waals surface area contributed by atoms with Gasteiger partial charge in [0.15, 0.2) is 0 Å². The second kappa shape index (κ2) is 4.81. The highest BCUT2D eigenvalue weighted by atomic mass is 32.1. The molecule has 0 bridgehead atoms. The highest BCUT2D eigenvalue weighted by Gasteiger charge is 2.10. The Morgan fingerprint density at radius 1 is 1.42 bits per heavy atom. The Balaban J connectivity index is 2.06. The predicted molar refractivity (Wildman–Crippen MR) is 76.6 cm³/mol. The summed E-state index contributed by atoms with van der Waals surface area (Å²) in [6.07, 6.45) is 1.72. The van der Waals surface area contributed by atoms with Gasteiger partial charge in [-0.3, -0.25) is 9.78 Å². The van der Waals surface area contributed by atoms with Gasteiger partial charge in [0, 0.05) is 24.7 Å². The predicted octanol–water partition coefficient (Wildman–Crippen LogP) is 2.02. The molecule has 0 aliphatic heterocycles. The van der Waals surface area contributed by atoms with Gasteiger partial charge in [-0.05, 0) is 12.1 Å². The summed E-state index contributed by atoms with van der Waals surface area (Å²) in [6, 6.07) is 5.23. The molecule has 0 amide bonds. The van der Waals surface area contributed by atoms with E-state index in [-0.39, 0.29) is 5.56 Å². The van der Waals surface area contributed by atoms with Crippen LogP contribution < -0.4 is 10.5 Å². The third-order valence-electron chi connectivity index (χ3n) is 2.87. The molecule has 3 heterocycles. The number of pyridine rings is 2. The molecule has 0 aromatic carbocycles. The summed E-state index contributed by atoms with van der Waals surface area (Å²) in [4.78, 5) is 25.1. The largest absolute Gasteiger partial charge is 0.367 e. The Morgan fingerprint density at radius 3 is 3.11 bits per heavy atom. The fourth-order valence-electron chi connectivity index (χ4n) is 2.01. The summed E-state index contributed by atoms with van der Waals surface area (Å²) < 4.78 is 0. The van der Waals surface area contributed by atoms with E-state index in [4.69, 9.17) is 0 Å². The van der Waals surface area contributed by atoms with Crippen LogP contribution in [0.1, 0.15) is 5.69 Å². The van der Waals surface area contributed by atoms with E-state index in [9.17, 15) is 4.79 Å². The SMILES string of the molecule is CN(Cc1cscn1)c1cc(=O)[nH]c2cccnc12. The number of aromatic nitrogens is 3. The highest BCUT2D eigenvalue weighted by Crippen LogP contribution is 2.21. The van der Waals surface area contributed by atoms with Crippen LogP contribution in [0.4, 0.5) is 5.69 Å². The monoisotopic (exact) mass is 272 g/mol. The van der Waals surface area contributed by atoms with Crippen LogP contribution in [0.15, 0.2) is 40.1 Å². The number of anilines is 1. The zero-order valence-corrected chi connectivity index (χ0v) is 11.1. The van der Waals surface area contributed by atoms with Crippen LogP contribution in [0.5, 0.6) is 0 Å². The molecule has 0 radical (unpaired) electrons. The van der Waals surface area contributed by atoms with E-state index in [0.29, 0.717) is 6.54 Å². The second-order valence-electron chi connectivity index (χ2n) is 4.25. The molecule has 19 heavy (non-hydrogen) atoms. The molecule has 0 aliphatic rings. The molecule has 0 fully saturated rings. The lowest BCUT2D eigenvalue weighted by Gasteiger charge is -2.19. The van der Waals surface area contributed by atoms with E-state index in [2.05, 4.69) is 15.0 Å². The summed E-state index contributed by atoms with van der Waals surface area (Å²) in [5.74, 6) is 0. The normalized spacial score (nSPS) is 10.8. The second-order valence-corrected chi connectivity index (χ2v) is 4.97. The summed E-state index contributed by atoms with van der Waals surface area (Å²) in [5.41, 5.74) is 5.01. The summed E-state index contributed by atoms with van der Waals surface area (Å²) in [6.45, 7) is 0.651. The Bertz CT molecular complexity index is 751. The van der Waals surface area contributed by atoms with Crippen LogP contribution in [0, 0.1) is 0 Å². The number of nitrogens with one attached hydrogen (secondary N) is 1. The van der Waals surface area contributed by atoms with Crippen LogP contribution >= 0.6 is 11.3 Å². The van der Waals surface area contributed by atoms with Crippen molar-refractivity contribution in [2.24, 2.45) is 0 Å². The number of nitrogens with zero attached hydrogens (tertiary/aromatic N) is 3. The minimum absolute atomic E-state index is 0.124. The van der Waals surface area contributed by atoms with Gasteiger partial charge in [-0.15, -0.1) is 11.3 Å². The van der Waals surface area contributed by atoms with Crippen molar-refractivity contribution in [3.8, 4) is 0 Å². The van der Waals surface area contributed by atoms with Crippen LogP contribution in [-0.4, -0.2) is 22.0 Å². The Hall–Kier alpha value is -2.21. The molecule has 3 aromatic heterocycles. The molecule has 3 rings (SSSR count). The molecule has 0 aliphatic carbocycles. The van der Waals surface area contributed by atoms with Crippen LogP contribution in [-0.2, 0) is 6.54 Å². The fraction of sp³-hybridized carbons (Fsp3) is 0.154. The molecule has 0 atom stereocenters. The molecule has 0 saturated heterocycles. The van der Waals surface area contributed by atoms with Crippen LogP contribution in [0.25, 0.3) is 11.0 Å². The quantitative estimate of drug-likeness (QED) is 0.792. The molecule has 5 nitrogen and oxygen atoms in total. The molecule has 1 N–H and O–H groups in total. The van der Waals surface area contributed by atoms with E-state index in [0.717, 1.165) is 22.4 Å². The Morgan fingerprint density at radius 2 is 2.32 bits per heavy atom. The fourth-order valence-corrected chi connectivity index (χ4v) is 2.56. The van der Waals surface area contributed by atoms with Gasteiger partial charge in [-0.2, -0.15) is 0 Å². The van der Waals surface area contributed by atoms with Crippen molar-refractivity contribution in [1.82, 2.24) is 15.0 Å². The van der Waals surface area contributed by atoms with Crippen molar-refractivity contribution in [1.29, 1.82) is 0 Å². The molecule has 96 valence electrons. The molecule has 3 aromatic rings. The highest BCUT2D eigenvalue weighted by molar-refractivity contribution is 7.07. The minimum atomic E-state index is -0.124. The first-order valence-corrected chi connectivity index (χ1v) is 6.74. The maximum atomic E-state index is 11.7. The van der Waals surface area contributed by atoms with Gasteiger partial charge in [0.05, 0.1) is 29.0 Å². The van der Waals surface area contributed by atoms with Gasteiger partial charge in [-0.1, -0.05) is 0 Å². The number of hydrogen-bond donors (Lipinski definition) is 1. The van der Waals surface area contributed by atoms with E-state index in [1.54, 1.807) is 29.1 Å². The van der Waals surface area contributed by atoms with E-state index >= 15 is 0 Å². The summed E-state index contributed by atoms with van der Waals surface area (Å²) >= 11 is 1.56. The Kier molecular flexibility index (Phi) is 3.00. The number of fused-ring (bicyclic) bond motifs is 1. The maximum absolute atomic E-state index is 11.7. The number of aromatic amines is 1. The van der Waals surface area contributed by atoms with Gasteiger partial charge in [0.1, 0.15) is 5.52 Å². The van der Waals surface area contributed by atoms with Crippen LogP contribution in [0.2, 0.25) is 0 Å². The van der Waals surface area contributed by atoms with Crippen molar-refractivity contribution >= 4 is 28.1 Å². The van der Waals surface area contributed by atoms with Crippen molar-refractivity contribution in [2.75, 3.05) is 11.9 Å². The number of rotatable bonds is 3. The van der Waals surface area contributed by atoms with Gasteiger partial charge < -0.3 is 9.88 Å². The first kappa shape index (κ1) is 11.9. The lowest BCUT2D eigenvalue weighted by Crippen LogP contribution is -2.20. The molecule has 0 spiro atoms. The summed E-state index contributed by atoms with van der Waals surface area (Å²) in [7, 11) is 1.93. The van der Waals surface area contributed by atoms with Gasteiger partial charge in [0.2, 0.25) is 0 Å². The molecule has 0 saturated carbocycles. The standard InChI is InChI=1S/C13H12N4OS/c1-17(6-9-7-19-8-15-9)11-5-12(18)16-10-3-2-4-14-13(10)11/h2-5,7-8H,6H2,1H3,(H,16,18). The van der Waals surface area contributed by atoms with Crippen molar-refractivity contribution in [2.45, 2.75) is 6.54 Å². The lowest BCUT2D eigenvalue weighted by molar-refractivity contribution is 0.895. The van der Waals surface area contributed by atoms with E-state index in [1.165, 1.54) is 0 Å². The molecule has 6 heteroatoms. The third kappa shape index (κ3) is 2.34. The minimum Gasteiger partial charge on any atom is -0.367 e. The van der Waals surface area contributed by atoms with Crippen molar-refractivity contribution in [3.05, 3.63) is 51.3 Å². The summed E-state index contributed by atoms with van der Waals surface area (Å²) in [5, 5.41) is 2.00. The molecular formula is C13H12N4OS. The number of thiazole rings is 1. The lowest BCUT2D eigenvalue weighted by atomic mass is 10.2. The van der Waals surface area contributed by atoms with Gasteiger partial charge in [-0.25, -0.2) is 4.98 Å². The number of H-pyrrole nitrogens is 1. The smallest absolute Gasteiger partial charge is 0.250 e. The van der Waals surface area contributed by atoms with E-state index < -0.39 is 0 Å². The molecule has 0 unspecified atom stereocenters. The molecular weight excluding hydrogens is 260 g/mol. The average molecular weight is 272 g/mol. The van der Waals surface area contributed by atoms with Crippen molar-refractivity contribution in [3.63, 3.8) is 0 Å². The maximum Gasteiger partial charge on any atom is 0.250 e. The van der Waals surface area contributed by atoms with Gasteiger partial charge >= 0.3 is 0 Å². The van der Waals surface area contributed by atoms with E-state index in [1.807, 2.05) is 29.5 Å². The topological polar surface area (TPSA) is 61.9 Å². The first-order valence-electron chi connectivity index (χ1n) is 5.80. The third-order valence-corrected chi connectivity index (χ3v) is 3.51.